The fraction of sp³-hybridized carbons (Fsp3) is 0.562. The van der Waals surface area contributed by atoms with Crippen molar-refractivity contribution in [1.29, 1.82) is 0 Å². The first-order valence-corrected chi connectivity index (χ1v) is 7.22. The highest BCUT2D eigenvalue weighted by molar-refractivity contribution is 5.79. The Kier molecular flexibility index (Phi) is 5.40. The van der Waals surface area contributed by atoms with Crippen molar-refractivity contribution in [3.05, 3.63) is 29.8 Å². The summed E-state index contributed by atoms with van der Waals surface area (Å²) in [6.45, 7) is 4.60. The maximum absolute atomic E-state index is 11.2. The zero-order valence-corrected chi connectivity index (χ0v) is 11.7. The predicted molar refractivity (Wildman–Crippen MR) is 76.3 cm³/mol. The monoisotopic (exact) mass is 261 g/mol. The smallest absolute Gasteiger partial charge is 0.132 e. The third-order valence-corrected chi connectivity index (χ3v) is 3.66. The lowest BCUT2D eigenvalue weighted by Crippen LogP contribution is -2.26. The Hall–Kier alpha value is -1.35. The number of hydrogen-bond acceptors (Lipinski definition) is 3. The fourth-order valence-electron chi connectivity index (χ4n) is 2.49. The van der Waals surface area contributed by atoms with Crippen LogP contribution in [0.1, 0.15) is 38.2 Å². The van der Waals surface area contributed by atoms with E-state index in [9.17, 15) is 4.79 Å². The van der Waals surface area contributed by atoms with Gasteiger partial charge in [0.1, 0.15) is 11.5 Å². The molecular formula is C16H23NO2. The number of carbonyl (C=O) groups excluding carboxylic acids is 1. The second kappa shape index (κ2) is 7.29. The molecule has 104 valence electrons. The number of ether oxygens (including phenoxy) is 1. The SMILES string of the molecule is CCOc1ccc(CNCC2CCC(=O)CC2)cc1. The predicted octanol–water partition coefficient (Wildman–Crippen LogP) is 2.93. The van der Waals surface area contributed by atoms with Crippen molar-refractivity contribution in [2.45, 2.75) is 39.2 Å². The van der Waals surface area contributed by atoms with Crippen LogP contribution in [-0.2, 0) is 11.3 Å². The molecule has 1 fully saturated rings. The average molecular weight is 261 g/mol. The van der Waals surface area contributed by atoms with E-state index in [0.717, 1.165) is 44.5 Å². The number of ketones is 1. The van der Waals surface area contributed by atoms with Gasteiger partial charge >= 0.3 is 0 Å². The fourth-order valence-corrected chi connectivity index (χ4v) is 2.49. The number of benzene rings is 1. The largest absolute Gasteiger partial charge is 0.494 e. The van der Waals surface area contributed by atoms with E-state index in [0.29, 0.717) is 18.3 Å². The summed E-state index contributed by atoms with van der Waals surface area (Å²) >= 11 is 0. The minimum Gasteiger partial charge on any atom is -0.494 e. The first kappa shape index (κ1) is 14.1. The van der Waals surface area contributed by atoms with Crippen LogP contribution in [-0.4, -0.2) is 18.9 Å². The lowest BCUT2D eigenvalue weighted by atomic mass is 9.88. The van der Waals surface area contributed by atoms with E-state index in [2.05, 4.69) is 17.4 Å². The molecule has 1 aromatic rings. The third-order valence-electron chi connectivity index (χ3n) is 3.66. The molecule has 1 aliphatic carbocycles. The van der Waals surface area contributed by atoms with Gasteiger partial charge in [-0.15, -0.1) is 0 Å². The Morgan fingerprint density at radius 3 is 2.53 bits per heavy atom. The lowest BCUT2D eigenvalue weighted by Gasteiger charge is -2.21. The number of rotatable bonds is 6. The van der Waals surface area contributed by atoms with Crippen LogP contribution in [0, 0.1) is 5.92 Å². The Morgan fingerprint density at radius 2 is 1.89 bits per heavy atom. The number of hydrogen-bond donors (Lipinski definition) is 1. The van der Waals surface area contributed by atoms with E-state index in [-0.39, 0.29) is 0 Å². The molecule has 0 atom stereocenters. The zero-order chi connectivity index (χ0) is 13.5. The molecule has 1 N–H and O–H groups in total. The van der Waals surface area contributed by atoms with Crippen molar-refractivity contribution in [1.82, 2.24) is 5.32 Å². The van der Waals surface area contributed by atoms with Crippen LogP contribution in [0.5, 0.6) is 5.75 Å². The molecule has 2 rings (SSSR count). The van der Waals surface area contributed by atoms with E-state index in [1.807, 2.05) is 19.1 Å². The molecule has 0 saturated heterocycles. The summed E-state index contributed by atoms with van der Waals surface area (Å²) in [7, 11) is 0. The molecule has 0 radical (unpaired) electrons. The van der Waals surface area contributed by atoms with Gasteiger partial charge in [-0.05, 0) is 49.9 Å². The molecule has 1 aliphatic rings. The van der Waals surface area contributed by atoms with Gasteiger partial charge in [0.25, 0.3) is 0 Å². The van der Waals surface area contributed by atoms with E-state index in [1.165, 1.54) is 5.56 Å². The lowest BCUT2D eigenvalue weighted by molar-refractivity contribution is -0.120. The molecule has 0 aromatic heterocycles. The van der Waals surface area contributed by atoms with Crippen molar-refractivity contribution < 1.29 is 9.53 Å². The summed E-state index contributed by atoms with van der Waals surface area (Å²) in [6.07, 6.45) is 3.65. The van der Waals surface area contributed by atoms with Gasteiger partial charge in [0.15, 0.2) is 0 Å². The van der Waals surface area contributed by atoms with Crippen molar-refractivity contribution >= 4 is 5.78 Å². The Balaban J connectivity index is 1.69. The van der Waals surface area contributed by atoms with Crippen LogP contribution in [0.3, 0.4) is 0 Å². The second-order valence-corrected chi connectivity index (χ2v) is 5.19. The Labute approximate surface area is 115 Å². The maximum atomic E-state index is 11.2. The van der Waals surface area contributed by atoms with Crippen molar-refractivity contribution in [3.8, 4) is 5.75 Å². The van der Waals surface area contributed by atoms with Gasteiger partial charge in [-0.2, -0.15) is 0 Å². The van der Waals surface area contributed by atoms with Gasteiger partial charge in [0.05, 0.1) is 6.61 Å². The molecule has 3 nitrogen and oxygen atoms in total. The van der Waals surface area contributed by atoms with Crippen LogP contribution in [0.25, 0.3) is 0 Å². The van der Waals surface area contributed by atoms with E-state index in [4.69, 9.17) is 4.74 Å². The van der Waals surface area contributed by atoms with Crippen molar-refractivity contribution in [2.75, 3.05) is 13.2 Å². The summed E-state index contributed by atoms with van der Waals surface area (Å²) in [5.74, 6) is 2.03. The first-order valence-electron chi connectivity index (χ1n) is 7.22. The molecular weight excluding hydrogens is 238 g/mol. The minimum atomic E-state index is 0.433. The number of nitrogens with one attached hydrogen (secondary N) is 1. The van der Waals surface area contributed by atoms with Crippen LogP contribution in [0.2, 0.25) is 0 Å². The van der Waals surface area contributed by atoms with Crippen LogP contribution < -0.4 is 10.1 Å². The van der Waals surface area contributed by atoms with Crippen LogP contribution in [0.4, 0.5) is 0 Å². The van der Waals surface area contributed by atoms with Gasteiger partial charge in [-0.3, -0.25) is 4.79 Å². The number of Topliss-reactive ketones (excluding diaryl/α,β-unsaturated/α-hetero) is 1. The summed E-state index contributed by atoms with van der Waals surface area (Å²) in [5.41, 5.74) is 1.27. The second-order valence-electron chi connectivity index (χ2n) is 5.19. The molecule has 1 saturated carbocycles. The van der Waals surface area contributed by atoms with Crippen molar-refractivity contribution in [3.63, 3.8) is 0 Å². The van der Waals surface area contributed by atoms with E-state index < -0.39 is 0 Å². The molecule has 3 heteroatoms. The maximum Gasteiger partial charge on any atom is 0.132 e. The van der Waals surface area contributed by atoms with Crippen LogP contribution in [0.15, 0.2) is 24.3 Å². The quantitative estimate of drug-likeness (QED) is 0.855. The highest BCUT2D eigenvalue weighted by Crippen LogP contribution is 2.20. The Bertz CT molecular complexity index is 390. The highest BCUT2D eigenvalue weighted by atomic mass is 16.5. The molecule has 0 bridgehead atoms. The van der Waals surface area contributed by atoms with Crippen molar-refractivity contribution in [2.24, 2.45) is 5.92 Å². The molecule has 0 spiro atoms. The molecule has 19 heavy (non-hydrogen) atoms. The average Bonchev–Trinajstić information content (AvgIpc) is 2.43. The normalized spacial score (nSPS) is 16.6. The topological polar surface area (TPSA) is 38.3 Å². The minimum absolute atomic E-state index is 0.433. The summed E-state index contributed by atoms with van der Waals surface area (Å²) in [4.78, 5) is 11.2. The molecule has 0 amide bonds. The highest BCUT2D eigenvalue weighted by Gasteiger charge is 2.17. The molecule has 1 aromatic carbocycles. The Morgan fingerprint density at radius 1 is 1.21 bits per heavy atom. The summed E-state index contributed by atoms with van der Waals surface area (Å²) < 4.78 is 5.42. The van der Waals surface area contributed by atoms with E-state index in [1.54, 1.807) is 0 Å². The molecule has 0 aliphatic heterocycles. The number of carbonyl (C=O) groups is 1. The zero-order valence-electron chi connectivity index (χ0n) is 11.7. The van der Waals surface area contributed by atoms with Crippen LogP contribution >= 0.6 is 0 Å². The molecule has 0 unspecified atom stereocenters. The van der Waals surface area contributed by atoms with Gasteiger partial charge in [0.2, 0.25) is 0 Å². The van der Waals surface area contributed by atoms with E-state index >= 15 is 0 Å². The summed E-state index contributed by atoms with van der Waals surface area (Å²) in [6, 6.07) is 8.23. The molecule has 0 heterocycles. The van der Waals surface area contributed by atoms with Gasteiger partial charge in [-0.25, -0.2) is 0 Å². The van der Waals surface area contributed by atoms with Gasteiger partial charge in [-0.1, -0.05) is 12.1 Å². The summed E-state index contributed by atoms with van der Waals surface area (Å²) in [5, 5.41) is 3.49. The standard InChI is InChI=1S/C16H23NO2/c1-2-19-16-9-5-14(6-10-16)12-17-11-13-3-7-15(18)8-4-13/h5-6,9-10,13,17H,2-4,7-8,11-12H2,1H3. The van der Waals surface area contributed by atoms with Gasteiger partial charge in [0, 0.05) is 19.4 Å². The van der Waals surface area contributed by atoms with Gasteiger partial charge < -0.3 is 10.1 Å². The third kappa shape index (κ3) is 4.67. The first-order chi connectivity index (χ1) is 9.28.